The summed E-state index contributed by atoms with van der Waals surface area (Å²) in [6.45, 7) is 4.44. The molecule has 4 rings (SSSR count). The Labute approximate surface area is 176 Å². The third-order valence-electron chi connectivity index (χ3n) is 4.78. The van der Waals surface area contributed by atoms with E-state index in [9.17, 15) is 0 Å². The first-order chi connectivity index (χ1) is 12.7. The summed E-state index contributed by atoms with van der Waals surface area (Å²) in [6.07, 6.45) is 11.9. The first kappa shape index (κ1) is 19.6. The van der Waals surface area contributed by atoms with Crippen molar-refractivity contribution in [2.24, 2.45) is 0 Å². The second kappa shape index (κ2) is 8.66. The molecule has 9 heteroatoms. The van der Waals surface area contributed by atoms with Gasteiger partial charge in [-0.05, 0) is 38.1 Å². The minimum absolute atomic E-state index is 0. The van der Waals surface area contributed by atoms with Gasteiger partial charge in [0.1, 0.15) is 11.6 Å². The summed E-state index contributed by atoms with van der Waals surface area (Å²) in [5.41, 5.74) is 0. The Morgan fingerprint density at radius 1 is 0.704 bits per heavy atom. The monoisotopic (exact) mass is 537 g/mol. The normalized spacial score (nSPS) is 17.4. The predicted octanol–water partition coefficient (Wildman–Crippen LogP) is 2.21. The van der Waals surface area contributed by atoms with E-state index >= 15 is 0 Å². The number of nitrogens with zero attached hydrogens (tertiary/aromatic N) is 6. The predicted molar refractivity (Wildman–Crippen MR) is 106 cm³/mol. The van der Waals surface area contributed by atoms with Crippen molar-refractivity contribution in [3.63, 3.8) is 0 Å². The Balaban J connectivity index is 0.00000210. The van der Waals surface area contributed by atoms with Gasteiger partial charge in [-0.3, -0.25) is 0 Å². The van der Waals surface area contributed by atoms with Gasteiger partial charge in [-0.2, -0.15) is 0 Å². The zero-order chi connectivity index (χ0) is 17.9. The van der Waals surface area contributed by atoms with Crippen molar-refractivity contribution < 1.29 is 21.1 Å². The van der Waals surface area contributed by atoms with E-state index in [2.05, 4.69) is 60.9 Å². The average molecular weight is 537 g/mol. The van der Waals surface area contributed by atoms with Gasteiger partial charge in [-0.25, -0.2) is 9.97 Å². The molecule has 0 spiro atoms. The van der Waals surface area contributed by atoms with Crippen LogP contribution >= 0.6 is 0 Å². The van der Waals surface area contributed by atoms with Crippen LogP contribution in [0.4, 0.5) is 11.6 Å². The third-order valence-corrected chi connectivity index (χ3v) is 4.78. The molecule has 0 bridgehead atoms. The molecule has 0 amide bonds. The van der Waals surface area contributed by atoms with Gasteiger partial charge >= 0.3 is 15.1 Å². The van der Waals surface area contributed by atoms with Gasteiger partial charge in [0.05, 0.1) is 0 Å². The number of rotatable bonds is 5. The maximum absolute atomic E-state index is 4.40. The Bertz CT molecular complexity index is 723. The van der Waals surface area contributed by atoms with Crippen LogP contribution in [0.25, 0.3) is 0 Å². The fourth-order valence-electron chi connectivity index (χ4n) is 3.00. The number of aromatic nitrogens is 2. The largest absolute Gasteiger partial charge is 0.399 e. The summed E-state index contributed by atoms with van der Waals surface area (Å²) in [5.74, 6) is 1.83. The van der Waals surface area contributed by atoms with Crippen molar-refractivity contribution >= 4 is 26.7 Å². The topological polar surface area (TPSA) is 38.7 Å². The molecule has 0 saturated heterocycles. The van der Waals surface area contributed by atoms with Gasteiger partial charge in [0.15, 0.2) is 0 Å². The Hall–Kier alpha value is -2.20. The first-order valence-electron chi connectivity index (χ1n) is 8.72. The van der Waals surface area contributed by atoms with Crippen LogP contribution in [0.2, 0.25) is 0 Å². The molecular formula is C18H20B2N6Pt. The zero-order valence-corrected chi connectivity index (χ0v) is 17.5. The summed E-state index contributed by atoms with van der Waals surface area (Å²) in [4.78, 5) is 17.3. The molecule has 2 unspecified atom stereocenters. The number of anilines is 2. The van der Waals surface area contributed by atoms with Gasteiger partial charge in [-0.1, -0.05) is 12.1 Å². The van der Waals surface area contributed by atoms with Gasteiger partial charge in [0.2, 0.25) is 0 Å². The Kier molecular flexibility index (Phi) is 6.27. The Morgan fingerprint density at radius 3 is 1.52 bits per heavy atom. The van der Waals surface area contributed by atoms with Crippen LogP contribution < -0.4 is 9.62 Å². The average Bonchev–Trinajstić information content (AvgIpc) is 3.38. The minimum Gasteiger partial charge on any atom is -0.399 e. The molecule has 138 valence electrons. The van der Waals surface area contributed by atoms with E-state index in [0.29, 0.717) is 0 Å². The summed E-state index contributed by atoms with van der Waals surface area (Å²) < 4.78 is 0. The van der Waals surface area contributed by atoms with E-state index in [1.165, 1.54) is 0 Å². The van der Waals surface area contributed by atoms with Crippen LogP contribution in [-0.4, -0.2) is 46.8 Å². The molecule has 0 N–H and O–H groups in total. The van der Waals surface area contributed by atoms with Crippen LogP contribution in [0.15, 0.2) is 73.6 Å². The molecule has 2 atom stereocenters. The minimum atomic E-state index is 0. The van der Waals surface area contributed by atoms with E-state index < -0.39 is 0 Å². The SMILES string of the molecule is CC(C(C)N1[B]N(c2ccccn2)C=C1)N1[B]N(c2ccccn2)C=C1.[Pt]. The van der Waals surface area contributed by atoms with Gasteiger partial charge < -0.3 is 19.2 Å². The molecular weight excluding hydrogens is 517 g/mol. The van der Waals surface area contributed by atoms with E-state index in [1.807, 2.05) is 70.8 Å². The Morgan fingerprint density at radius 2 is 1.15 bits per heavy atom. The molecule has 2 aliphatic rings. The summed E-state index contributed by atoms with van der Waals surface area (Å²) in [6, 6.07) is 12.4. The molecule has 2 radical (unpaired) electrons. The molecule has 0 fully saturated rings. The molecule has 2 aromatic heterocycles. The summed E-state index contributed by atoms with van der Waals surface area (Å²) in [5, 5.41) is 0. The van der Waals surface area contributed by atoms with Gasteiger partial charge in [0.25, 0.3) is 0 Å². The standard InChI is InChI=1S/C18H20B2N6.Pt/c1-15(23-11-13-25(19-23)17-7-3-5-9-21-17)16(2)24-12-14-26(20-24)18-8-4-6-10-22-18;/h3-16H,1-2H3;. The third kappa shape index (κ3) is 4.21. The molecule has 0 aliphatic carbocycles. The van der Waals surface area contributed by atoms with Crippen LogP contribution in [0.5, 0.6) is 0 Å². The fraction of sp³-hybridized carbons (Fsp3) is 0.222. The maximum Gasteiger partial charge on any atom is 0.397 e. The summed E-state index contributed by atoms with van der Waals surface area (Å²) >= 11 is 0. The van der Waals surface area contributed by atoms with E-state index in [1.54, 1.807) is 0 Å². The number of hydrogen-bond acceptors (Lipinski definition) is 6. The molecule has 27 heavy (non-hydrogen) atoms. The van der Waals surface area contributed by atoms with Crippen molar-refractivity contribution in [2.75, 3.05) is 9.62 Å². The van der Waals surface area contributed by atoms with Crippen molar-refractivity contribution in [2.45, 2.75) is 25.9 Å². The fourth-order valence-corrected chi connectivity index (χ4v) is 3.00. The summed E-state index contributed by atoms with van der Waals surface area (Å²) in [7, 11) is 4.17. The van der Waals surface area contributed by atoms with Crippen molar-refractivity contribution in [1.82, 2.24) is 19.6 Å². The molecule has 6 nitrogen and oxygen atoms in total. The molecule has 0 saturated carbocycles. The molecule has 4 heterocycles. The van der Waals surface area contributed by atoms with Gasteiger partial charge in [0, 0.05) is 70.3 Å². The second-order valence-corrected chi connectivity index (χ2v) is 6.39. The van der Waals surface area contributed by atoms with E-state index in [-0.39, 0.29) is 33.1 Å². The van der Waals surface area contributed by atoms with Crippen LogP contribution in [0.3, 0.4) is 0 Å². The van der Waals surface area contributed by atoms with Crippen molar-refractivity contribution in [3.8, 4) is 0 Å². The van der Waals surface area contributed by atoms with Crippen LogP contribution in [0.1, 0.15) is 13.8 Å². The smallest absolute Gasteiger partial charge is 0.397 e. The number of pyridine rings is 2. The second-order valence-electron chi connectivity index (χ2n) is 6.39. The van der Waals surface area contributed by atoms with E-state index in [4.69, 9.17) is 0 Å². The van der Waals surface area contributed by atoms with Crippen LogP contribution in [-0.2, 0) is 21.1 Å². The zero-order valence-electron chi connectivity index (χ0n) is 15.2. The maximum atomic E-state index is 4.40. The first-order valence-corrected chi connectivity index (χ1v) is 8.72. The molecule has 2 aliphatic heterocycles. The number of hydrogen-bond donors (Lipinski definition) is 0. The van der Waals surface area contributed by atoms with Gasteiger partial charge in [-0.15, -0.1) is 0 Å². The van der Waals surface area contributed by atoms with Crippen LogP contribution in [0, 0.1) is 0 Å². The van der Waals surface area contributed by atoms with E-state index in [0.717, 1.165) is 11.6 Å². The molecule has 2 aromatic rings. The van der Waals surface area contributed by atoms with Crippen molar-refractivity contribution in [1.29, 1.82) is 0 Å². The van der Waals surface area contributed by atoms with Crippen molar-refractivity contribution in [3.05, 3.63) is 73.6 Å². The molecule has 0 aromatic carbocycles. The quantitative estimate of drug-likeness (QED) is 0.546.